The number of rotatable bonds is 2. The Morgan fingerprint density at radius 2 is 2.00 bits per heavy atom. The van der Waals surface area contributed by atoms with Crippen LogP contribution in [-0.4, -0.2) is 9.78 Å². The van der Waals surface area contributed by atoms with Crippen molar-refractivity contribution in [1.82, 2.24) is 9.78 Å². The van der Waals surface area contributed by atoms with Crippen LogP contribution >= 0.6 is 11.6 Å². The highest BCUT2D eigenvalue weighted by Gasteiger charge is 2.28. The van der Waals surface area contributed by atoms with Crippen LogP contribution in [0.25, 0.3) is 5.82 Å². The molecule has 0 amide bonds. The van der Waals surface area contributed by atoms with Gasteiger partial charge in [0.2, 0.25) is 0 Å². The molecule has 0 aliphatic heterocycles. The summed E-state index contributed by atoms with van der Waals surface area (Å²) in [6.07, 6.45) is 0.866. The van der Waals surface area contributed by atoms with Gasteiger partial charge < -0.3 is 5.21 Å². The summed E-state index contributed by atoms with van der Waals surface area (Å²) >= 11 is 5.88. The average molecular weight is 316 g/mol. The van der Waals surface area contributed by atoms with Crippen LogP contribution in [0.1, 0.15) is 23.7 Å². The summed E-state index contributed by atoms with van der Waals surface area (Å²) < 4.78 is 27.6. The lowest BCUT2D eigenvalue weighted by Gasteiger charge is -2.14. The van der Waals surface area contributed by atoms with Crippen LogP contribution in [0.2, 0.25) is 5.02 Å². The van der Waals surface area contributed by atoms with Crippen molar-refractivity contribution in [3.63, 3.8) is 0 Å². The summed E-state index contributed by atoms with van der Waals surface area (Å²) in [5.74, 6) is -3.24. The van der Waals surface area contributed by atoms with E-state index in [1.165, 1.54) is 13.0 Å². The topological polar surface area (TPSA) is 61.8 Å². The maximum absolute atomic E-state index is 13.2. The lowest BCUT2D eigenvalue weighted by Crippen LogP contribution is -2.41. The van der Waals surface area contributed by atoms with Gasteiger partial charge in [0.1, 0.15) is 5.69 Å². The van der Waals surface area contributed by atoms with Gasteiger partial charge in [-0.25, -0.2) is 18.3 Å². The van der Waals surface area contributed by atoms with Gasteiger partial charge in [0.15, 0.2) is 0 Å². The number of pyridine rings is 1. The van der Waals surface area contributed by atoms with Crippen LogP contribution in [0.15, 0.2) is 23.1 Å². The monoisotopic (exact) mass is 315 g/mol. The number of hydrogen-bond donors (Lipinski definition) is 0. The lowest BCUT2D eigenvalue weighted by atomic mass is 10.2. The molecular weight excluding hydrogens is 304 g/mol. The van der Waals surface area contributed by atoms with Crippen molar-refractivity contribution < 1.29 is 13.5 Å². The van der Waals surface area contributed by atoms with Gasteiger partial charge in [0, 0.05) is 18.6 Å². The molecule has 0 aliphatic carbocycles. The molecule has 0 saturated heterocycles. The molecule has 0 radical (unpaired) electrons. The molecule has 8 heteroatoms. The van der Waals surface area contributed by atoms with Crippen molar-refractivity contribution in [2.24, 2.45) is 0 Å². The molecule has 0 unspecified atom stereocenters. The van der Waals surface area contributed by atoms with Crippen LogP contribution in [0, 0.1) is 19.1 Å². The molecule has 112 valence electrons. The van der Waals surface area contributed by atoms with Crippen LogP contribution in [0.3, 0.4) is 0 Å². The number of aromatic nitrogens is 3. The molecule has 0 N–H and O–H groups in total. The number of halogens is 3. The summed E-state index contributed by atoms with van der Waals surface area (Å²) in [6, 6.07) is 2.27. The zero-order valence-electron chi connectivity index (χ0n) is 11.5. The maximum atomic E-state index is 13.2. The second-order valence-corrected chi connectivity index (χ2v) is 5.17. The first-order valence-electron chi connectivity index (χ1n) is 6.00. The fourth-order valence-electron chi connectivity index (χ4n) is 1.84. The zero-order valence-corrected chi connectivity index (χ0v) is 12.3. The quantitative estimate of drug-likeness (QED) is 0.631. The summed E-state index contributed by atoms with van der Waals surface area (Å²) in [7, 11) is 0. The number of alkyl halides is 2. The van der Waals surface area contributed by atoms with Crippen molar-refractivity contribution in [2.75, 3.05) is 0 Å². The van der Waals surface area contributed by atoms with E-state index >= 15 is 0 Å². The van der Waals surface area contributed by atoms with Crippen LogP contribution in [-0.2, 0) is 5.92 Å². The first kappa shape index (κ1) is 15.4. The molecule has 2 aromatic heterocycles. The normalized spacial score (nSPS) is 11.7. The lowest BCUT2D eigenvalue weighted by molar-refractivity contribution is -0.607. The standard InChI is InChI=1S/C13H12ClF2N3O2/c1-7-4-10(14)8(2)19(21)12(7)18-11(20)5-9(6-17-18)13(3,15)16/h4-6H,1-3H3. The van der Waals surface area contributed by atoms with Crippen LogP contribution in [0.5, 0.6) is 0 Å². The summed E-state index contributed by atoms with van der Waals surface area (Å²) in [5.41, 5.74) is -0.727. The van der Waals surface area contributed by atoms with Crippen molar-refractivity contribution in [3.8, 4) is 5.82 Å². The molecule has 0 spiro atoms. The summed E-state index contributed by atoms with van der Waals surface area (Å²) in [5, 5.41) is 16.0. The van der Waals surface area contributed by atoms with Crippen LogP contribution in [0.4, 0.5) is 8.78 Å². The van der Waals surface area contributed by atoms with E-state index in [1.54, 1.807) is 6.92 Å². The highest BCUT2D eigenvalue weighted by atomic mass is 35.5. The van der Waals surface area contributed by atoms with E-state index in [0.717, 1.165) is 16.9 Å². The van der Waals surface area contributed by atoms with E-state index in [0.29, 0.717) is 17.2 Å². The van der Waals surface area contributed by atoms with Gasteiger partial charge in [-0.3, -0.25) is 0 Å². The van der Waals surface area contributed by atoms with E-state index in [2.05, 4.69) is 5.10 Å². The smallest absolute Gasteiger partial charge is 0.359 e. The van der Waals surface area contributed by atoms with Gasteiger partial charge in [-0.05, 0) is 19.9 Å². The molecule has 0 fully saturated rings. The number of aryl methyl sites for hydroxylation is 1. The van der Waals surface area contributed by atoms with Gasteiger partial charge in [-0.1, -0.05) is 21.4 Å². The van der Waals surface area contributed by atoms with Gasteiger partial charge >= 0.3 is 11.4 Å². The highest BCUT2D eigenvalue weighted by Crippen LogP contribution is 2.25. The minimum absolute atomic E-state index is 0.0622. The first-order valence-corrected chi connectivity index (χ1v) is 6.38. The molecule has 0 saturated carbocycles. The van der Waals surface area contributed by atoms with Gasteiger partial charge in [-0.2, -0.15) is 0 Å². The first-order chi connectivity index (χ1) is 9.62. The van der Waals surface area contributed by atoms with E-state index < -0.39 is 17.0 Å². The van der Waals surface area contributed by atoms with Crippen molar-refractivity contribution in [2.45, 2.75) is 26.7 Å². The zero-order chi connectivity index (χ0) is 15.9. The predicted molar refractivity (Wildman–Crippen MR) is 72.8 cm³/mol. The molecule has 0 bridgehead atoms. The molecule has 5 nitrogen and oxygen atoms in total. The molecule has 0 atom stereocenters. The van der Waals surface area contributed by atoms with Gasteiger partial charge in [0.05, 0.1) is 16.8 Å². The second kappa shape index (κ2) is 5.07. The van der Waals surface area contributed by atoms with Gasteiger partial charge in [-0.15, -0.1) is 0 Å². The van der Waals surface area contributed by atoms with E-state index in [9.17, 15) is 18.8 Å². The Hall–Kier alpha value is -2.02. The maximum Gasteiger partial charge on any atom is 0.359 e. The molecule has 0 aliphatic rings. The Kier molecular flexibility index (Phi) is 3.71. The fourth-order valence-corrected chi connectivity index (χ4v) is 2.08. The summed E-state index contributed by atoms with van der Waals surface area (Å²) in [6.45, 7) is 3.72. The van der Waals surface area contributed by atoms with Crippen molar-refractivity contribution >= 4 is 11.6 Å². The molecule has 2 heterocycles. The Bertz CT molecular complexity index is 769. The third kappa shape index (κ3) is 2.73. The predicted octanol–water partition coefficient (Wildman–Crippen LogP) is 2.25. The average Bonchev–Trinajstić information content (AvgIpc) is 2.37. The van der Waals surface area contributed by atoms with Gasteiger partial charge in [0.25, 0.3) is 5.92 Å². The third-order valence-corrected chi connectivity index (χ3v) is 3.43. The van der Waals surface area contributed by atoms with Crippen molar-refractivity contribution in [3.05, 3.63) is 55.7 Å². The van der Waals surface area contributed by atoms with E-state index in [1.807, 2.05) is 0 Å². The van der Waals surface area contributed by atoms with E-state index in [4.69, 9.17) is 11.6 Å². The number of hydrogen-bond acceptors (Lipinski definition) is 3. The highest BCUT2D eigenvalue weighted by molar-refractivity contribution is 6.31. The Morgan fingerprint density at radius 3 is 2.52 bits per heavy atom. The minimum Gasteiger partial charge on any atom is -0.710 e. The SMILES string of the molecule is Cc1cc(Cl)c(C)[n+]([O-])c1-n1ncc(C(C)(F)F)cc1=O. The fraction of sp³-hybridized carbons (Fsp3) is 0.308. The molecule has 21 heavy (non-hydrogen) atoms. The minimum atomic E-state index is -3.18. The number of nitrogens with zero attached hydrogens (tertiary/aromatic N) is 3. The largest absolute Gasteiger partial charge is 0.710 e. The third-order valence-electron chi connectivity index (χ3n) is 3.05. The summed E-state index contributed by atoms with van der Waals surface area (Å²) in [4.78, 5) is 12.0. The molecular formula is C13H12ClF2N3O2. The van der Waals surface area contributed by atoms with Crippen LogP contribution < -0.4 is 10.3 Å². The second-order valence-electron chi connectivity index (χ2n) is 4.76. The molecule has 0 aromatic carbocycles. The van der Waals surface area contributed by atoms with Crippen molar-refractivity contribution in [1.29, 1.82) is 0 Å². The Labute approximate surface area is 124 Å². The Morgan fingerprint density at radius 1 is 1.38 bits per heavy atom. The molecule has 2 rings (SSSR count). The Balaban J connectivity index is 2.70. The van der Waals surface area contributed by atoms with E-state index in [-0.39, 0.29) is 16.5 Å². The molecule has 2 aromatic rings.